The standard InChI is InChI=1S/C12H14N2O/c1-2-9-14-12(15)8-10-13(14)11-6-4-3-5-7-11/h2-7H,1,8-10H2. The third kappa shape index (κ3) is 1.86. The average Bonchev–Trinajstić information content (AvgIpc) is 2.63. The molecule has 2 rings (SSSR count). The molecule has 78 valence electrons. The maximum atomic E-state index is 11.6. The predicted molar refractivity (Wildman–Crippen MR) is 60.3 cm³/mol. The van der Waals surface area contributed by atoms with Crippen LogP contribution in [0.15, 0.2) is 43.0 Å². The number of carbonyl (C=O) groups excluding carboxylic acids is 1. The first kappa shape index (κ1) is 9.77. The molecule has 1 aliphatic heterocycles. The number of amides is 1. The van der Waals surface area contributed by atoms with Crippen LogP contribution < -0.4 is 5.01 Å². The molecule has 0 N–H and O–H groups in total. The van der Waals surface area contributed by atoms with E-state index in [2.05, 4.69) is 6.58 Å². The number of hydrazine groups is 1. The molecule has 0 aliphatic carbocycles. The molecule has 15 heavy (non-hydrogen) atoms. The summed E-state index contributed by atoms with van der Waals surface area (Å²) in [7, 11) is 0. The van der Waals surface area contributed by atoms with Gasteiger partial charge in [-0.3, -0.25) is 9.80 Å². The molecule has 0 radical (unpaired) electrons. The van der Waals surface area contributed by atoms with Crippen molar-refractivity contribution >= 4 is 11.6 Å². The van der Waals surface area contributed by atoms with Crippen LogP contribution in [-0.4, -0.2) is 24.0 Å². The van der Waals surface area contributed by atoms with Crippen LogP contribution in [0.5, 0.6) is 0 Å². The zero-order valence-electron chi connectivity index (χ0n) is 8.60. The molecule has 0 atom stereocenters. The highest BCUT2D eigenvalue weighted by Crippen LogP contribution is 2.21. The number of hydrogen-bond donors (Lipinski definition) is 0. The predicted octanol–water partition coefficient (Wildman–Crippen LogP) is 1.83. The number of anilines is 1. The van der Waals surface area contributed by atoms with E-state index in [1.54, 1.807) is 11.1 Å². The first-order valence-electron chi connectivity index (χ1n) is 5.06. The smallest absolute Gasteiger partial charge is 0.243 e. The maximum absolute atomic E-state index is 11.6. The number of hydrogen-bond acceptors (Lipinski definition) is 2. The van der Waals surface area contributed by atoms with Gasteiger partial charge in [0.25, 0.3) is 0 Å². The van der Waals surface area contributed by atoms with Crippen LogP contribution in [0.3, 0.4) is 0 Å². The highest BCUT2D eigenvalue weighted by molar-refractivity contribution is 5.82. The van der Waals surface area contributed by atoms with E-state index in [-0.39, 0.29) is 5.91 Å². The molecule has 3 nitrogen and oxygen atoms in total. The average molecular weight is 202 g/mol. The Hall–Kier alpha value is -1.77. The summed E-state index contributed by atoms with van der Waals surface area (Å²) in [5.74, 6) is 0.166. The minimum absolute atomic E-state index is 0.166. The van der Waals surface area contributed by atoms with Crippen molar-refractivity contribution in [1.82, 2.24) is 5.01 Å². The van der Waals surface area contributed by atoms with Crippen molar-refractivity contribution in [3.05, 3.63) is 43.0 Å². The molecule has 1 amide bonds. The van der Waals surface area contributed by atoms with Crippen LogP contribution in [0.4, 0.5) is 5.69 Å². The van der Waals surface area contributed by atoms with Gasteiger partial charge in [-0.1, -0.05) is 24.3 Å². The summed E-state index contributed by atoms with van der Waals surface area (Å²) in [5, 5.41) is 3.74. The van der Waals surface area contributed by atoms with Crippen LogP contribution in [0.1, 0.15) is 6.42 Å². The van der Waals surface area contributed by atoms with Crippen LogP contribution >= 0.6 is 0 Å². The highest BCUT2D eigenvalue weighted by Gasteiger charge is 2.27. The number of benzene rings is 1. The molecule has 1 fully saturated rings. The Balaban J connectivity index is 2.22. The summed E-state index contributed by atoms with van der Waals surface area (Å²) in [6.07, 6.45) is 2.34. The van der Waals surface area contributed by atoms with Gasteiger partial charge in [0.1, 0.15) is 0 Å². The molecule has 1 aromatic rings. The lowest BCUT2D eigenvalue weighted by molar-refractivity contribution is -0.127. The zero-order chi connectivity index (χ0) is 10.7. The minimum Gasteiger partial charge on any atom is -0.282 e. The molecular formula is C12H14N2O. The van der Waals surface area contributed by atoms with Gasteiger partial charge < -0.3 is 0 Å². The molecule has 1 saturated heterocycles. The third-order valence-corrected chi connectivity index (χ3v) is 2.47. The molecule has 0 spiro atoms. The fourth-order valence-corrected chi connectivity index (χ4v) is 1.78. The van der Waals surface area contributed by atoms with Gasteiger partial charge in [0.2, 0.25) is 5.91 Å². The minimum atomic E-state index is 0.166. The quantitative estimate of drug-likeness (QED) is 0.698. The molecule has 0 unspecified atom stereocenters. The van der Waals surface area contributed by atoms with Gasteiger partial charge in [-0.15, -0.1) is 6.58 Å². The van der Waals surface area contributed by atoms with Gasteiger partial charge in [0, 0.05) is 13.0 Å². The Morgan fingerprint density at radius 1 is 1.33 bits per heavy atom. The van der Waals surface area contributed by atoms with Gasteiger partial charge in [-0.05, 0) is 12.1 Å². The van der Waals surface area contributed by atoms with Crippen molar-refractivity contribution in [3.8, 4) is 0 Å². The molecule has 1 aliphatic rings. The summed E-state index contributed by atoms with van der Waals surface area (Å²) in [4.78, 5) is 11.6. The van der Waals surface area contributed by atoms with E-state index < -0.39 is 0 Å². The normalized spacial score (nSPS) is 15.9. The second-order valence-electron chi connectivity index (χ2n) is 3.47. The van der Waals surface area contributed by atoms with Gasteiger partial charge >= 0.3 is 0 Å². The van der Waals surface area contributed by atoms with Crippen LogP contribution in [0, 0.1) is 0 Å². The zero-order valence-corrected chi connectivity index (χ0v) is 8.60. The molecule has 1 heterocycles. The van der Waals surface area contributed by atoms with E-state index in [9.17, 15) is 4.79 Å². The Morgan fingerprint density at radius 3 is 2.73 bits per heavy atom. The van der Waals surface area contributed by atoms with E-state index >= 15 is 0 Å². The number of nitrogens with zero attached hydrogens (tertiary/aromatic N) is 2. The van der Waals surface area contributed by atoms with Gasteiger partial charge in [-0.2, -0.15) is 0 Å². The fourth-order valence-electron chi connectivity index (χ4n) is 1.78. The van der Waals surface area contributed by atoms with Crippen molar-refractivity contribution < 1.29 is 4.79 Å². The van der Waals surface area contributed by atoms with Crippen molar-refractivity contribution in [2.75, 3.05) is 18.1 Å². The number of para-hydroxylation sites is 1. The van der Waals surface area contributed by atoms with E-state index in [1.807, 2.05) is 35.3 Å². The van der Waals surface area contributed by atoms with Crippen molar-refractivity contribution in [3.63, 3.8) is 0 Å². The molecule has 0 saturated carbocycles. The summed E-state index contributed by atoms with van der Waals surface area (Å²) < 4.78 is 0. The number of carbonyl (C=O) groups is 1. The third-order valence-electron chi connectivity index (χ3n) is 2.47. The highest BCUT2D eigenvalue weighted by atomic mass is 16.2. The second-order valence-corrected chi connectivity index (χ2v) is 3.47. The van der Waals surface area contributed by atoms with Crippen LogP contribution in [-0.2, 0) is 4.79 Å². The van der Waals surface area contributed by atoms with Crippen molar-refractivity contribution in [1.29, 1.82) is 0 Å². The van der Waals surface area contributed by atoms with E-state index in [4.69, 9.17) is 0 Å². The van der Waals surface area contributed by atoms with Crippen LogP contribution in [0.25, 0.3) is 0 Å². The molecule has 0 bridgehead atoms. The van der Waals surface area contributed by atoms with E-state index in [1.165, 1.54) is 0 Å². The summed E-state index contributed by atoms with van der Waals surface area (Å²) in [6, 6.07) is 9.94. The Bertz CT molecular complexity index is 361. The van der Waals surface area contributed by atoms with Gasteiger partial charge in [0.05, 0.1) is 12.2 Å². The molecule has 1 aromatic carbocycles. The lowest BCUT2D eigenvalue weighted by atomic mass is 10.3. The first-order chi connectivity index (χ1) is 7.33. The van der Waals surface area contributed by atoms with Gasteiger partial charge in [0.15, 0.2) is 0 Å². The second kappa shape index (κ2) is 4.17. The monoisotopic (exact) mass is 202 g/mol. The van der Waals surface area contributed by atoms with E-state index in [0.717, 1.165) is 12.2 Å². The Labute approximate surface area is 89.6 Å². The number of rotatable bonds is 3. The molecule has 3 heteroatoms. The topological polar surface area (TPSA) is 23.6 Å². The van der Waals surface area contributed by atoms with Crippen molar-refractivity contribution in [2.45, 2.75) is 6.42 Å². The fraction of sp³-hybridized carbons (Fsp3) is 0.250. The summed E-state index contributed by atoms with van der Waals surface area (Å²) in [6.45, 7) is 5.00. The van der Waals surface area contributed by atoms with E-state index in [0.29, 0.717) is 13.0 Å². The SMILES string of the molecule is C=CCN1C(=O)CCN1c1ccccc1. The Kier molecular flexibility index (Phi) is 2.72. The summed E-state index contributed by atoms with van der Waals surface area (Å²) >= 11 is 0. The maximum Gasteiger partial charge on any atom is 0.243 e. The van der Waals surface area contributed by atoms with Crippen LogP contribution in [0.2, 0.25) is 0 Å². The first-order valence-corrected chi connectivity index (χ1v) is 5.06. The lowest BCUT2D eigenvalue weighted by Crippen LogP contribution is -2.39. The largest absolute Gasteiger partial charge is 0.282 e. The Morgan fingerprint density at radius 2 is 2.07 bits per heavy atom. The van der Waals surface area contributed by atoms with Gasteiger partial charge in [-0.25, -0.2) is 5.01 Å². The molecular weight excluding hydrogens is 188 g/mol. The summed E-state index contributed by atoms with van der Waals surface area (Å²) in [5.41, 5.74) is 1.06. The molecule has 0 aromatic heterocycles. The lowest BCUT2D eigenvalue weighted by Gasteiger charge is -2.28. The van der Waals surface area contributed by atoms with Crippen molar-refractivity contribution in [2.24, 2.45) is 0 Å².